The van der Waals surface area contributed by atoms with Gasteiger partial charge in [0.1, 0.15) is 24.3 Å². The number of ether oxygens (including phenoxy) is 2. The molecular formula is C44H54N2O9. The lowest BCUT2D eigenvalue weighted by molar-refractivity contribution is -0.128. The maximum Gasteiger partial charge on any atom is 0.360 e. The van der Waals surface area contributed by atoms with Crippen molar-refractivity contribution in [2.75, 3.05) is 7.11 Å². The van der Waals surface area contributed by atoms with E-state index in [9.17, 15) is 24.3 Å². The van der Waals surface area contributed by atoms with E-state index in [0.717, 1.165) is 0 Å². The molecule has 4 bridgehead atoms. The van der Waals surface area contributed by atoms with E-state index in [-0.39, 0.29) is 72.1 Å². The van der Waals surface area contributed by atoms with Crippen LogP contribution >= 0.6 is 0 Å². The van der Waals surface area contributed by atoms with Crippen LogP contribution in [0.3, 0.4) is 0 Å². The second kappa shape index (κ2) is 21.6. The number of ketones is 3. The van der Waals surface area contributed by atoms with Crippen LogP contribution < -0.4 is 0 Å². The Bertz CT molecular complexity index is 1840. The highest BCUT2D eigenvalue weighted by atomic mass is 16.5. The normalized spacial score (nSPS) is 25.2. The summed E-state index contributed by atoms with van der Waals surface area (Å²) in [7, 11) is 1.55. The molecule has 0 fully saturated rings. The Kier molecular flexibility index (Phi) is 17.3. The third kappa shape index (κ3) is 13.5. The number of oxazole rings is 2. The highest BCUT2D eigenvalue weighted by Gasteiger charge is 2.38. The largest absolute Gasteiger partial charge is 0.456 e. The van der Waals surface area contributed by atoms with Crippen LogP contribution in [0.25, 0.3) is 6.08 Å². The predicted molar refractivity (Wildman–Crippen MR) is 211 cm³/mol. The molecule has 0 radical (unpaired) electrons. The molecule has 55 heavy (non-hydrogen) atoms. The number of fused-ring (bicyclic) bond motifs is 4. The minimum Gasteiger partial charge on any atom is -0.456 e. The summed E-state index contributed by atoms with van der Waals surface area (Å²) in [6, 6.07) is 0. The zero-order chi connectivity index (χ0) is 40.4. The molecule has 4 atom stereocenters. The van der Waals surface area contributed by atoms with Crippen LogP contribution in [0.1, 0.15) is 100.0 Å². The van der Waals surface area contributed by atoms with E-state index >= 15 is 0 Å². The molecule has 2 aromatic heterocycles. The number of hydrogen-bond acceptors (Lipinski definition) is 11. The third-order valence-electron chi connectivity index (χ3n) is 9.45. The SMILES string of the molecule is C/C=C/C(=O)C(C)(C)[C@@H]1C\C=C/C=C\C=C\[C@H](OC)Cc2nc(co2)C(=O)O[C@H](C(C)(C)C(=O)/C=C/C)C/C=C\[C@@H](O)C/C=C/C=C\c2nc(co2)C(=O)C1. The summed E-state index contributed by atoms with van der Waals surface area (Å²) >= 11 is 0. The smallest absolute Gasteiger partial charge is 0.360 e. The number of methoxy groups -OCH3 is 1. The summed E-state index contributed by atoms with van der Waals surface area (Å²) in [5.74, 6) is -1.09. The summed E-state index contributed by atoms with van der Waals surface area (Å²) in [4.78, 5) is 61.3. The first kappa shape index (κ1) is 44.1. The van der Waals surface area contributed by atoms with Crippen molar-refractivity contribution in [1.82, 2.24) is 9.97 Å². The Morgan fingerprint density at radius 2 is 1.44 bits per heavy atom. The van der Waals surface area contributed by atoms with Crippen molar-refractivity contribution in [3.05, 3.63) is 127 Å². The van der Waals surface area contributed by atoms with Gasteiger partial charge in [-0.25, -0.2) is 14.8 Å². The number of Topliss-reactive ketones (excluding diaryl/α,β-unsaturated/α-hetero) is 1. The summed E-state index contributed by atoms with van der Waals surface area (Å²) in [5, 5.41) is 10.6. The third-order valence-corrected chi connectivity index (χ3v) is 9.45. The number of nitrogens with zero attached hydrogens (tertiary/aromatic N) is 2. The van der Waals surface area contributed by atoms with Gasteiger partial charge < -0.3 is 23.4 Å². The fourth-order valence-electron chi connectivity index (χ4n) is 5.64. The minimum atomic E-state index is -1.09. The highest BCUT2D eigenvalue weighted by Crippen LogP contribution is 2.35. The van der Waals surface area contributed by atoms with E-state index in [0.29, 0.717) is 6.42 Å². The maximum absolute atomic E-state index is 13.4. The summed E-state index contributed by atoms with van der Waals surface area (Å²) in [6.07, 6.45) is 29.0. The molecule has 11 heteroatoms. The van der Waals surface area contributed by atoms with Gasteiger partial charge in [0, 0.05) is 31.4 Å². The Morgan fingerprint density at radius 3 is 2.15 bits per heavy atom. The first-order valence-electron chi connectivity index (χ1n) is 18.4. The van der Waals surface area contributed by atoms with Crippen molar-refractivity contribution in [2.45, 2.75) is 92.0 Å². The molecule has 3 rings (SSSR count). The molecular weight excluding hydrogens is 700 g/mol. The van der Waals surface area contributed by atoms with Crippen molar-refractivity contribution in [3.63, 3.8) is 0 Å². The fourth-order valence-corrected chi connectivity index (χ4v) is 5.64. The van der Waals surface area contributed by atoms with Crippen LogP contribution in [-0.4, -0.2) is 63.8 Å². The van der Waals surface area contributed by atoms with Gasteiger partial charge in [-0.2, -0.15) is 0 Å². The first-order chi connectivity index (χ1) is 26.2. The molecule has 1 N–H and O–H groups in total. The van der Waals surface area contributed by atoms with Crippen molar-refractivity contribution in [3.8, 4) is 0 Å². The molecule has 0 saturated heterocycles. The number of esters is 1. The van der Waals surface area contributed by atoms with Gasteiger partial charge >= 0.3 is 5.97 Å². The molecule has 0 saturated carbocycles. The van der Waals surface area contributed by atoms with Crippen LogP contribution in [0.4, 0.5) is 0 Å². The van der Waals surface area contributed by atoms with Crippen molar-refractivity contribution < 1.29 is 42.6 Å². The van der Waals surface area contributed by atoms with Crippen LogP contribution in [-0.2, 0) is 25.5 Å². The lowest BCUT2D eigenvalue weighted by Crippen LogP contribution is -2.39. The van der Waals surface area contributed by atoms with Gasteiger partial charge in [0.05, 0.1) is 24.0 Å². The second-order valence-corrected chi connectivity index (χ2v) is 14.3. The van der Waals surface area contributed by atoms with Gasteiger partial charge in [0.2, 0.25) is 5.89 Å². The van der Waals surface area contributed by atoms with Crippen molar-refractivity contribution in [1.29, 1.82) is 0 Å². The van der Waals surface area contributed by atoms with Gasteiger partial charge in [-0.05, 0) is 58.6 Å². The molecule has 3 heterocycles. The summed E-state index contributed by atoms with van der Waals surface area (Å²) in [5.41, 5.74) is -1.78. The second-order valence-electron chi connectivity index (χ2n) is 14.3. The van der Waals surface area contributed by atoms with E-state index in [4.69, 9.17) is 18.3 Å². The van der Waals surface area contributed by atoms with Crippen molar-refractivity contribution in [2.24, 2.45) is 16.7 Å². The number of aliphatic hydroxyl groups excluding tert-OH is 1. The molecule has 2 aromatic rings. The highest BCUT2D eigenvalue weighted by molar-refractivity contribution is 5.97. The van der Waals surface area contributed by atoms with E-state index in [1.165, 1.54) is 24.7 Å². The first-order valence-corrected chi connectivity index (χ1v) is 18.4. The molecule has 0 unspecified atom stereocenters. The average Bonchev–Trinajstić information content (AvgIpc) is 3.83. The molecule has 11 nitrogen and oxygen atoms in total. The number of allylic oxidation sites excluding steroid dienone is 11. The maximum atomic E-state index is 13.4. The molecule has 294 valence electrons. The molecule has 1 aliphatic rings. The van der Waals surface area contributed by atoms with E-state index in [1.807, 2.05) is 50.3 Å². The van der Waals surface area contributed by atoms with E-state index in [2.05, 4.69) is 9.97 Å². The van der Waals surface area contributed by atoms with Gasteiger partial charge in [0.15, 0.2) is 28.9 Å². The molecule has 1 aliphatic heterocycles. The predicted octanol–water partition coefficient (Wildman–Crippen LogP) is 8.32. The van der Waals surface area contributed by atoms with Crippen LogP contribution in [0.2, 0.25) is 0 Å². The van der Waals surface area contributed by atoms with Gasteiger partial charge in [-0.15, -0.1) is 0 Å². The number of aromatic nitrogens is 2. The lowest BCUT2D eigenvalue weighted by atomic mass is 9.71. The number of cyclic esters (lactones) is 1. The topological polar surface area (TPSA) is 159 Å². The number of carbonyl (C=O) groups excluding carboxylic acids is 4. The number of hydrogen-bond donors (Lipinski definition) is 1. The fraction of sp³-hybridized carbons (Fsp3) is 0.409. The zero-order valence-corrected chi connectivity index (χ0v) is 32.8. The Labute approximate surface area is 324 Å². The number of rotatable bonds is 7. The van der Waals surface area contributed by atoms with Crippen LogP contribution in [0.15, 0.2) is 113 Å². The standard InChI is InChI=1S/C44H54N2O9/c1-8-19-37(49)43(3,4)31-21-14-11-10-12-16-24-33(52-7)28-41-46-35(30-54-41)42(51)55-39(44(5,6)38(50)20-9-2)25-18-23-32(47)22-15-13-17-26-40-45-34(29-53-40)36(48)27-31/h8-20,23-24,26,29-33,39,47H,21-22,25,27-28H2,1-7H3/b12-10-,14-11-,15-13+,19-8+,20-9+,23-18-,24-16+,26-17-/t31-,32+,33+,39+/m1/s1. The van der Waals surface area contributed by atoms with Crippen molar-refractivity contribution >= 4 is 29.4 Å². The Morgan fingerprint density at radius 1 is 0.782 bits per heavy atom. The average molecular weight is 755 g/mol. The summed E-state index contributed by atoms with van der Waals surface area (Å²) in [6.45, 7) is 10.6. The Balaban J connectivity index is 1.91. The quantitative estimate of drug-likeness (QED) is 0.165. The van der Waals surface area contributed by atoms with Gasteiger partial charge in [0.25, 0.3) is 0 Å². The molecule has 0 aromatic carbocycles. The van der Waals surface area contributed by atoms with E-state index in [1.54, 1.807) is 83.4 Å². The zero-order valence-electron chi connectivity index (χ0n) is 32.8. The molecule has 0 amide bonds. The Hall–Kier alpha value is -5.26. The lowest BCUT2D eigenvalue weighted by Gasteiger charge is -2.31. The molecule has 0 spiro atoms. The molecule has 0 aliphatic carbocycles. The summed E-state index contributed by atoms with van der Waals surface area (Å²) < 4.78 is 22.5. The van der Waals surface area contributed by atoms with Gasteiger partial charge in [-0.1, -0.05) is 92.8 Å². The van der Waals surface area contributed by atoms with Crippen LogP contribution in [0.5, 0.6) is 0 Å². The monoisotopic (exact) mass is 754 g/mol. The van der Waals surface area contributed by atoms with Crippen LogP contribution in [0, 0.1) is 16.7 Å². The van der Waals surface area contributed by atoms with E-state index < -0.39 is 35.1 Å². The number of carbonyl (C=O) groups is 4. The van der Waals surface area contributed by atoms with Gasteiger partial charge in [-0.3, -0.25) is 14.4 Å². The minimum absolute atomic E-state index is 0.0448. The number of aliphatic hydroxyl groups is 1.